The second-order valence-corrected chi connectivity index (χ2v) is 5.17. The number of carboxylic acids is 1. The van der Waals surface area contributed by atoms with Crippen LogP contribution in [0.15, 0.2) is 77.9 Å². The Bertz CT molecular complexity index is 875. The molecule has 0 spiro atoms. The number of carbonyl (C=O) groups is 1. The number of benzene rings is 3. The molecule has 0 amide bonds. The Morgan fingerprint density at radius 1 is 1.08 bits per heavy atom. The summed E-state index contributed by atoms with van der Waals surface area (Å²) in [6, 6.07) is 24.1. The van der Waals surface area contributed by atoms with E-state index in [9.17, 15) is 4.79 Å². The van der Waals surface area contributed by atoms with Gasteiger partial charge in [-0.1, -0.05) is 24.3 Å². The fourth-order valence-electron chi connectivity index (χ4n) is 2.10. The molecule has 2 N–H and O–H groups in total. The second-order valence-electron chi connectivity index (χ2n) is 5.17. The molecule has 0 aromatic heterocycles. The lowest BCUT2D eigenvalue weighted by atomic mass is 10.2. The monoisotopic (exact) mass is 331 g/mol. The summed E-state index contributed by atoms with van der Waals surface area (Å²) in [6.07, 6.45) is 1.66. The van der Waals surface area contributed by atoms with Crippen LogP contribution < -0.4 is 10.2 Å². The van der Waals surface area contributed by atoms with Crippen molar-refractivity contribution in [3.05, 3.63) is 90.0 Å². The number of nitrogens with one attached hydrogen (secondary N) is 1. The molecular weight excluding hydrogens is 316 g/mol. The van der Waals surface area contributed by atoms with E-state index < -0.39 is 5.97 Å². The summed E-state index contributed by atoms with van der Waals surface area (Å²) in [5, 5.41) is 13.0. The molecule has 0 saturated heterocycles. The lowest BCUT2D eigenvalue weighted by Gasteiger charge is -2.05. The highest BCUT2D eigenvalue weighted by atomic mass is 16.5. The largest absolute Gasteiger partial charge is 0.478 e. The minimum atomic E-state index is -0.956. The lowest BCUT2D eigenvalue weighted by Crippen LogP contribution is -1.96. The van der Waals surface area contributed by atoms with Gasteiger partial charge in [0.2, 0.25) is 0 Å². The molecule has 1 radical (unpaired) electrons. The van der Waals surface area contributed by atoms with E-state index in [4.69, 9.17) is 9.84 Å². The number of carboxylic acid groups (broad SMARTS) is 1. The van der Waals surface area contributed by atoms with Crippen LogP contribution in [0.1, 0.15) is 15.9 Å². The molecule has 0 atom stereocenters. The van der Waals surface area contributed by atoms with Gasteiger partial charge in [0.05, 0.1) is 17.5 Å². The SMILES string of the molecule is O=C(O)c1ccc(N/N=C/c2cccc(Oc3c[c]ccc3)c2)cc1. The molecule has 3 aromatic carbocycles. The first kappa shape index (κ1) is 16.3. The topological polar surface area (TPSA) is 70.9 Å². The number of hydrogen-bond acceptors (Lipinski definition) is 4. The van der Waals surface area contributed by atoms with Crippen LogP contribution >= 0.6 is 0 Å². The van der Waals surface area contributed by atoms with Gasteiger partial charge in [-0.15, -0.1) is 0 Å². The first-order valence-corrected chi connectivity index (χ1v) is 7.57. The normalized spacial score (nSPS) is 10.6. The van der Waals surface area contributed by atoms with Crippen molar-refractivity contribution in [1.29, 1.82) is 0 Å². The zero-order valence-corrected chi connectivity index (χ0v) is 13.2. The number of hydrogen-bond donors (Lipinski definition) is 2. The van der Waals surface area contributed by atoms with Crippen molar-refractivity contribution >= 4 is 17.9 Å². The standard InChI is InChI=1S/C20H15N2O3/c23-20(24)16-9-11-17(12-10-16)22-21-14-15-5-4-8-19(13-15)25-18-6-2-1-3-7-18/h1-2,4-14,22H,(H,23,24)/b21-14+. The van der Waals surface area contributed by atoms with Crippen LogP contribution in [0.5, 0.6) is 11.5 Å². The van der Waals surface area contributed by atoms with Gasteiger partial charge in [0.15, 0.2) is 0 Å². The van der Waals surface area contributed by atoms with Crippen molar-refractivity contribution in [2.45, 2.75) is 0 Å². The summed E-state index contributed by atoms with van der Waals surface area (Å²) in [5.74, 6) is 0.463. The molecule has 123 valence electrons. The Labute approximate surface area is 145 Å². The molecule has 5 heteroatoms. The highest BCUT2D eigenvalue weighted by Crippen LogP contribution is 2.21. The van der Waals surface area contributed by atoms with E-state index in [-0.39, 0.29) is 5.56 Å². The van der Waals surface area contributed by atoms with Gasteiger partial charge in [-0.3, -0.25) is 5.43 Å². The minimum absolute atomic E-state index is 0.234. The molecule has 0 aliphatic heterocycles. The molecular formula is C20H15N2O3. The van der Waals surface area contributed by atoms with E-state index in [1.807, 2.05) is 42.5 Å². The van der Waals surface area contributed by atoms with Gasteiger partial charge in [0.25, 0.3) is 0 Å². The van der Waals surface area contributed by atoms with Gasteiger partial charge in [-0.05, 0) is 60.2 Å². The Balaban J connectivity index is 1.63. The van der Waals surface area contributed by atoms with Crippen LogP contribution in [0, 0.1) is 6.07 Å². The smallest absolute Gasteiger partial charge is 0.335 e. The summed E-state index contributed by atoms with van der Waals surface area (Å²) in [4.78, 5) is 10.8. The predicted octanol–water partition coefficient (Wildman–Crippen LogP) is 4.42. The number of aromatic carboxylic acids is 1. The van der Waals surface area contributed by atoms with E-state index in [1.54, 1.807) is 24.4 Å². The Morgan fingerprint density at radius 3 is 2.60 bits per heavy atom. The number of anilines is 1. The van der Waals surface area contributed by atoms with Crippen molar-refractivity contribution in [2.75, 3.05) is 5.43 Å². The Hall–Kier alpha value is -3.60. The van der Waals surface area contributed by atoms with Gasteiger partial charge < -0.3 is 9.84 Å². The second kappa shape index (κ2) is 7.79. The maximum absolute atomic E-state index is 10.8. The van der Waals surface area contributed by atoms with Crippen LogP contribution in [0.25, 0.3) is 0 Å². The maximum Gasteiger partial charge on any atom is 0.335 e. The lowest BCUT2D eigenvalue weighted by molar-refractivity contribution is 0.0697. The fraction of sp³-hybridized carbons (Fsp3) is 0. The summed E-state index contributed by atoms with van der Waals surface area (Å²) in [6.45, 7) is 0. The maximum atomic E-state index is 10.8. The first-order chi connectivity index (χ1) is 12.2. The van der Waals surface area contributed by atoms with Gasteiger partial charge >= 0.3 is 5.97 Å². The van der Waals surface area contributed by atoms with E-state index in [0.29, 0.717) is 17.2 Å². The highest BCUT2D eigenvalue weighted by molar-refractivity contribution is 5.88. The number of hydrazone groups is 1. The molecule has 0 aliphatic rings. The molecule has 0 bridgehead atoms. The van der Waals surface area contributed by atoms with Crippen LogP contribution in [-0.4, -0.2) is 17.3 Å². The molecule has 25 heavy (non-hydrogen) atoms. The third-order valence-corrected chi connectivity index (χ3v) is 3.31. The quantitative estimate of drug-likeness (QED) is 0.518. The van der Waals surface area contributed by atoms with E-state index in [0.717, 1.165) is 5.56 Å². The van der Waals surface area contributed by atoms with Crippen molar-refractivity contribution in [3.8, 4) is 11.5 Å². The van der Waals surface area contributed by atoms with Gasteiger partial charge in [0, 0.05) is 0 Å². The molecule has 3 rings (SSSR count). The van der Waals surface area contributed by atoms with Crippen LogP contribution in [0.3, 0.4) is 0 Å². The van der Waals surface area contributed by atoms with Crippen LogP contribution in [0.4, 0.5) is 5.69 Å². The van der Waals surface area contributed by atoms with Gasteiger partial charge in [-0.25, -0.2) is 4.79 Å². The van der Waals surface area contributed by atoms with Crippen LogP contribution in [0.2, 0.25) is 0 Å². The average molecular weight is 331 g/mol. The minimum Gasteiger partial charge on any atom is -0.478 e. The molecule has 0 saturated carbocycles. The summed E-state index contributed by atoms with van der Waals surface area (Å²) in [7, 11) is 0. The van der Waals surface area contributed by atoms with Crippen molar-refractivity contribution in [2.24, 2.45) is 5.10 Å². The zero-order valence-electron chi connectivity index (χ0n) is 13.2. The molecule has 0 aliphatic carbocycles. The summed E-state index contributed by atoms with van der Waals surface area (Å²) >= 11 is 0. The zero-order chi connectivity index (χ0) is 17.5. The molecule has 3 aromatic rings. The van der Waals surface area contributed by atoms with Gasteiger partial charge in [0.1, 0.15) is 11.5 Å². The fourth-order valence-corrected chi connectivity index (χ4v) is 2.10. The molecule has 0 unspecified atom stereocenters. The van der Waals surface area contributed by atoms with Crippen molar-refractivity contribution in [3.63, 3.8) is 0 Å². The van der Waals surface area contributed by atoms with E-state index in [1.165, 1.54) is 12.1 Å². The number of ether oxygens (including phenoxy) is 1. The molecule has 0 fully saturated rings. The van der Waals surface area contributed by atoms with E-state index >= 15 is 0 Å². The average Bonchev–Trinajstić information content (AvgIpc) is 2.63. The third kappa shape index (κ3) is 4.68. The summed E-state index contributed by atoms with van der Waals surface area (Å²) in [5.41, 5.74) is 4.66. The predicted molar refractivity (Wildman–Crippen MR) is 96.4 cm³/mol. The van der Waals surface area contributed by atoms with E-state index in [2.05, 4.69) is 16.6 Å². The first-order valence-electron chi connectivity index (χ1n) is 7.57. The summed E-state index contributed by atoms with van der Waals surface area (Å²) < 4.78 is 5.75. The number of nitrogens with zero attached hydrogens (tertiary/aromatic N) is 1. The Kier molecular flexibility index (Phi) is 5.07. The van der Waals surface area contributed by atoms with Gasteiger partial charge in [-0.2, -0.15) is 5.10 Å². The highest BCUT2D eigenvalue weighted by Gasteiger charge is 2.01. The van der Waals surface area contributed by atoms with Crippen molar-refractivity contribution in [1.82, 2.24) is 0 Å². The van der Waals surface area contributed by atoms with Crippen molar-refractivity contribution < 1.29 is 14.6 Å². The molecule has 5 nitrogen and oxygen atoms in total. The molecule has 0 heterocycles. The third-order valence-electron chi connectivity index (χ3n) is 3.31. The Morgan fingerprint density at radius 2 is 1.88 bits per heavy atom. The van der Waals surface area contributed by atoms with Crippen LogP contribution in [-0.2, 0) is 0 Å². The number of rotatable bonds is 6.